The van der Waals surface area contributed by atoms with Crippen LogP contribution in [0.15, 0.2) is 54.6 Å². The van der Waals surface area contributed by atoms with E-state index >= 15 is 0 Å². The van der Waals surface area contributed by atoms with Gasteiger partial charge in [0, 0.05) is 31.9 Å². The summed E-state index contributed by atoms with van der Waals surface area (Å²) in [7, 11) is -6.41. The van der Waals surface area contributed by atoms with Gasteiger partial charge in [-0.3, -0.25) is 0 Å². The van der Waals surface area contributed by atoms with Gasteiger partial charge in [-0.2, -0.15) is 4.31 Å². The molecular formula is C23H32N2O4S2. The van der Waals surface area contributed by atoms with Gasteiger partial charge in [0.2, 0.25) is 10.0 Å². The Hall–Kier alpha value is -1.90. The minimum Gasteiger partial charge on any atom is -0.370 e. The van der Waals surface area contributed by atoms with Crippen molar-refractivity contribution in [2.24, 2.45) is 5.92 Å². The van der Waals surface area contributed by atoms with Crippen molar-refractivity contribution in [3.8, 4) is 0 Å². The van der Waals surface area contributed by atoms with E-state index in [1.54, 1.807) is 4.31 Å². The van der Waals surface area contributed by atoms with Gasteiger partial charge in [-0.15, -0.1) is 0 Å². The smallest absolute Gasteiger partial charge is 0.218 e. The largest absolute Gasteiger partial charge is 0.370 e. The molecule has 0 saturated carbocycles. The zero-order chi connectivity index (χ0) is 22.5. The average Bonchev–Trinajstić information content (AvgIpc) is 2.89. The van der Waals surface area contributed by atoms with Gasteiger partial charge in [0.05, 0.1) is 17.3 Å². The van der Waals surface area contributed by atoms with E-state index in [0.29, 0.717) is 32.6 Å². The van der Waals surface area contributed by atoms with E-state index in [1.807, 2.05) is 68.4 Å². The number of anilines is 1. The second kappa shape index (κ2) is 10.1. The Balaban J connectivity index is 1.73. The fourth-order valence-electron chi connectivity index (χ4n) is 3.77. The zero-order valence-electron chi connectivity index (χ0n) is 18.3. The van der Waals surface area contributed by atoms with Gasteiger partial charge in [0.25, 0.3) is 0 Å². The summed E-state index contributed by atoms with van der Waals surface area (Å²) in [6.07, 6.45) is 0.629. The van der Waals surface area contributed by atoms with Crippen LogP contribution >= 0.6 is 0 Å². The SMILES string of the molecule is CC(C)CN(Cc1ccc(N2CCCS(=O)(=O)CC2)cc1)S(=O)(=O)Cc1ccccc1. The summed E-state index contributed by atoms with van der Waals surface area (Å²) in [4.78, 5) is 2.09. The van der Waals surface area contributed by atoms with Crippen molar-refractivity contribution in [3.63, 3.8) is 0 Å². The molecule has 0 N–H and O–H groups in total. The highest BCUT2D eigenvalue weighted by molar-refractivity contribution is 7.91. The molecule has 0 aromatic heterocycles. The molecule has 0 spiro atoms. The summed E-state index contributed by atoms with van der Waals surface area (Å²) < 4.78 is 51.5. The van der Waals surface area contributed by atoms with Crippen LogP contribution in [-0.4, -0.2) is 52.3 Å². The molecule has 0 aliphatic carbocycles. The molecule has 31 heavy (non-hydrogen) atoms. The number of rotatable bonds is 8. The fourth-order valence-corrected chi connectivity index (χ4v) is 6.71. The van der Waals surface area contributed by atoms with Gasteiger partial charge in [0.15, 0.2) is 9.84 Å². The van der Waals surface area contributed by atoms with Gasteiger partial charge >= 0.3 is 0 Å². The number of sulfonamides is 1. The van der Waals surface area contributed by atoms with E-state index in [2.05, 4.69) is 4.90 Å². The van der Waals surface area contributed by atoms with Gasteiger partial charge in [-0.1, -0.05) is 56.3 Å². The first-order valence-electron chi connectivity index (χ1n) is 10.7. The lowest BCUT2D eigenvalue weighted by atomic mass is 10.1. The highest BCUT2D eigenvalue weighted by atomic mass is 32.2. The lowest BCUT2D eigenvalue weighted by Gasteiger charge is -2.25. The van der Waals surface area contributed by atoms with Crippen molar-refractivity contribution in [1.82, 2.24) is 4.31 Å². The summed E-state index contributed by atoms with van der Waals surface area (Å²) in [5.74, 6) is 0.615. The maximum atomic E-state index is 13.1. The third-order valence-electron chi connectivity index (χ3n) is 5.37. The normalized spacial score (nSPS) is 17.1. The van der Waals surface area contributed by atoms with E-state index in [9.17, 15) is 16.8 Å². The Kier molecular flexibility index (Phi) is 7.78. The van der Waals surface area contributed by atoms with E-state index in [1.165, 1.54) is 0 Å². The molecule has 1 saturated heterocycles. The lowest BCUT2D eigenvalue weighted by Crippen LogP contribution is -2.34. The average molecular weight is 465 g/mol. The Morgan fingerprint density at radius 1 is 0.935 bits per heavy atom. The van der Waals surface area contributed by atoms with Crippen LogP contribution < -0.4 is 4.90 Å². The topological polar surface area (TPSA) is 74.8 Å². The monoisotopic (exact) mass is 464 g/mol. The number of benzene rings is 2. The van der Waals surface area contributed by atoms with E-state index in [-0.39, 0.29) is 23.2 Å². The highest BCUT2D eigenvalue weighted by Crippen LogP contribution is 2.21. The molecule has 2 aromatic rings. The minimum atomic E-state index is -3.46. The predicted octanol–water partition coefficient (Wildman–Crippen LogP) is 3.30. The second-order valence-electron chi connectivity index (χ2n) is 8.59. The van der Waals surface area contributed by atoms with Gasteiger partial charge in [-0.25, -0.2) is 16.8 Å². The lowest BCUT2D eigenvalue weighted by molar-refractivity contribution is 0.361. The third-order valence-corrected chi connectivity index (χ3v) is 8.85. The molecule has 1 fully saturated rings. The van der Waals surface area contributed by atoms with Crippen LogP contribution in [0.1, 0.15) is 31.4 Å². The summed E-state index contributed by atoms with van der Waals surface area (Å²) in [5, 5.41) is 0. The summed E-state index contributed by atoms with van der Waals surface area (Å²) >= 11 is 0. The molecule has 6 nitrogen and oxygen atoms in total. The maximum Gasteiger partial charge on any atom is 0.218 e. The first kappa shape index (κ1) is 23.8. The molecule has 0 amide bonds. The second-order valence-corrected chi connectivity index (χ2v) is 12.9. The molecule has 0 unspecified atom stereocenters. The highest BCUT2D eigenvalue weighted by Gasteiger charge is 2.24. The van der Waals surface area contributed by atoms with Crippen molar-refractivity contribution in [2.45, 2.75) is 32.6 Å². The minimum absolute atomic E-state index is 0.0130. The van der Waals surface area contributed by atoms with Crippen molar-refractivity contribution < 1.29 is 16.8 Å². The van der Waals surface area contributed by atoms with Gasteiger partial charge in [-0.05, 0) is 35.6 Å². The van der Waals surface area contributed by atoms with Crippen LogP contribution in [-0.2, 0) is 32.2 Å². The van der Waals surface area contributed by atoms with Gasteiger partial charge < -0.3 is 4.90 Å². The molecule has 8 heteroatoms. The number of nitrogens with zero attached hydrogens (tertiary/aromatic N) is 2. The molecule has 1 aliphatic heterocycles. The van der Waals surface area contributed by atoms with Crippen LogP contribution in [0.3, 0.4) is 0 Å². The van der Waals surface area contributed by atoms with Crippen LogP contribution in [0.5, 0.6) is 0 Å². The van der Waals surface area contributed by atoms with Crippen LogP contribution in [0.2, 0.25) is 0 Å². The van der Waals surface area contributed by atoms with E-state index < -0.39 is 19.9 Å². The van der Waals surface area contributed by atoms with Crippen molar-refractivity contribution in [3.05, 3.63) is 65.7 Å². The first-order chi connectivity index (χ1) is 14.6. The molecule has 1 aliphatic rings. The van der Waals surface area contributed by atoms with Gasteiger partial charge in [0.1, 0.15) is 0 Å². The van der Waals surface area contributed by atoms with E-state index in [0.717, 1.165) is 16.8 Å². The Morgan fingerprint density at radius 2 is 1.61 bits per heavy atom. The van der Waals surface area contributed by atoms with E-state index in [4.69, 9.17) is 0 Å². The molecule has 170 valence electrons. The van der Waals surface area contributed by atoms with Crippen LogP contribution in [0.25, 0.3) is 0 Å². The Bertz CT molecular complexity index is 1050. The van der Waals surface area contributed by atoms with Crippen molar-refractivity contribution >= 4 is 25.5 Å². The van der Waals surface area contributed by atoms with Crippen molar-refractivity contribution in [2.75, 3.05) is 36.0 Å². The zero-order valence-corrected chi connectivity index (χ0v) is 19.9. The first-order valence-corrected chi connectivity index (χ1v) is 14.1. The number of sulfone groups is 1. The molecular weight excluding hydrogens is 432 g/mol. The molecule has 0 radical (unpaired) electrons. The van der Waals surface area contributed by atoms with Crippen LogP contribution in [0.4, 0.5) is 5.69 Å². The molecule has 0 bridgehead atoms. The van der Waals surface area contributed by atoms with Crippen molar-refractivity contribution in [1.29, 1.82) is 0 Å². The molecule has 3 rings (SSSR count). The summed E-state index contributed by atoms with van der Waals surface area (Å²) in [6.45, 7) is 6.02. The number of hydrogen-bond acceptors (Lipinski definition) is 5. The summed E-state index contributed by atoms with van der Waals surface area (Å²) in [5.41, 5.74) is 2.68. The molecule has 1 heterocycles. The standard InChI is InChI=1S/C23H32N2O4S2/c1-20(2)17-25(31(28,29)19-22-7-4-3-5-8-22)18-21-9-11-23(12-10-21)24-13-6-15-30(26,27)16-14-24/h3-5,7-12,20H,6,13-19H2,1-2H3. The fraction of sp³-hybridized carbons (Fsp3) is 0.478. The molecule has 0 atom stereocenters. The Labute approximate surface area is 186 Å². The number of hydrogen-bond donors (Lipinski definition) is 0. The summed E-state index contributed by atoms with van der Waals surface area (Å²) in [6, 6.07) is 17.1. The third kappa shape index (κ3) is 7.05. The Morgan fingerprint density at radius 3 is 2.26 bits per heavy atom. The quantitative estimate of drug-likeness (QED) is 0.599. The maximum absolute atomic E-state index is 13.1. The van der Waals surface area contributed by atoms with Crippen LogP contribution in [0, 0.1) is 5.92 Å². The predicted molar refractivity (Wildman–Crippen MR) is 126 cm³/mol. The molecule has 2 aromatic carbocycles.